The number of hydrogen-bond donors (Lipinski definition) is 1. The zero-order valence-corrected chi connectivity index (χ0v) is 15.3. The van der Waals surface area contributed by atoms with Gasteiger partial charge in [-0.15, -0.1) is 10.2 Å². The number of ether oxygens (including phenoxy) is 1. The van der Waals surface area contributed by atoms with Gasteiger partial charge in [0, 0.05) is 38.6 Å². The summed E-state index contributed by atoms with van der Waals surface area (Å²) in [6.07, 6.45) is 6.01. The van der Waals surface area contributed by atoms with E-state index in [0.29, 0.717) is 25.6 Å². The van der Waals surface area contributed by atoms with Crippen molar-refractivity contribution in [1.82, 2.24) is 29.1 Å². The Morgan fingerprint density at radius 1 is 1.23 bits per heavy atom. The van der Waals surface area contributed by atoms with Crippen LogP contribution in [0, 0.1) is 0 Å². The van der Waals surface area contributed by atoms with Crippen LogP contribution < -0.4 is 11.4 Å². The highest BCUT2D eigenvalue weighted by atomic mass is 16.5. The molecule has 1 fully saturated rings. The molecule has 0 amide bonds. The number of nitrogens with two attached hydrogens (primary N) is 1. The topological polar surface area (TPSA) is 106 Å². The van der Waals surface area contributed by atoms with Crippen LogP contribution in [0.5, 0.6) is 0 Å². The summed E-state index contributed by atoms with van der Waals surface area (Å²) in [4.78, 5) is 12.7. The summed E-state index contributed by atoms with van der Waals surface area (Å²) in [5, 5.41) is 13.3. The number of hydrogen-bond acceptors (Lipinski definition) is 6. The van der Waals surface area contributed by atoms with Gasteiger partial charge < -0.3 is 15.0 Å². The Balaban J connectivity index is 1.61. The van der Waals surface area contributed by atoms with E-state index in [9.17, 15) is 4.79 Å². The Kier molecular flexibility index (Phi) is 4.90. The van der Waals surface area contributed by atoms with Gasteiger partial charge in [0.2, 0.25) is 0 Å². The van der Waals surface area contributed by atoms with E-state index in [1.54, 1.807) is 7.11 Å². The second kappa shape index (κ2) is 7.32. The summed E-state index contributed by atoms with van der Waals surface area (Å²) in [5.74, 6) is 2.94. The van der Waals surface area contributed by atoms with Crippen LogP contribution in [0.15, 0.2) is 4.79 Å². The third-order valence-corrected chi connectivity index (χ3v) is 5.49. The number of aryl methyl sites for hydroxylation is 1. The second-order valence-electron chi connectivity index (χ2n) is 7.37. The van der Waals surface area contributed by atoms with Crippen molar-refractivity contribution < 1.29 is 4.74 Å². The summed E-state index contributed by atoms with van der Waals surface area (Å²) in [7, 11) is 1.68. The largest absolute Gasteiger partial charge is 0.383 e. The summed E-state index contributed by atoms with van der Waals surface area (Å²) in [5.41, 5.74) is 5.89. The molecule has 4 rings (SSSR count). The average molecular weight is 361 g/mol. The SMILES string of the molecule is COCCn1c(Cn2nc3n(c2=O)CCCCC3)nnc1C1CC(N)C1. The predicted octanol–water partition coefficient (Wildman–Crippen LogP) is 0.262. The van der Waals surface area contributed by atoms with Gasteiger partial charge in [0.1, 0.15) is 18.2 Å². The number of fused-ring (bicyclic) bond motifs is 1. The van der Waals surface area contributed by atoms with Crippen LogP contribution in [-0.4, -0.2) is 48.9 Å². The molecule has 0 atom stereocenters. The van der Waals surface area contributed by atoms with Gasteiger partial charge in [-0.2, -0.15) is 5.10 Å². The Morgan fingerprint density at radius 2 is 2.08 bits per heavy atom. The molecule has 0 bridgehead atoms. The Morgan fingerprint density at radius 3 is 2.85 bits per heavy atom. The molecule has 0 aromatic carbocycles. The monoisotopic (exact) mass is 361 g/mol. The zero-order chi connectivity index (χ0) is 18.1. The number of aromatic nitrogens is 6. The highest BCUT2D eigenvalue weighted by molar-refractivity contribution is 5.09. The maximum atomic E-state index is 12.7. The predicted molar refractivity (Wildman–Crippen MR) is 95.0 cm³/mol. The number of rotatable bonds is 6. The van der Waals surface area contributed by atoms with Gasteiger partial charge in [-0.1, -0.05) is 6.42 Å². The van der Waals surface area contributed by atoms with Crippen molar-refractivity contribution in [1.29, 1.82) is 0 Å². The van der Waals surface area contributed by atoms with Crippen LogP contribution in [0.1, 0.15) is 55.5 Å². The van der Waals surface area contributed by atoms with Crippen molar-refractivity contribution in [3.63, 3.8) is 0 Å². The quantitative estimate of drug-likeness (QED) is 0.791. The molecule has 1 aliphatic heterocycles. The maximum absolute atomic E-state index is 12.7. The summed E-state index contributed by atoms with van der Waals surface area (Å²) >= 11 is 0. The highest BCUT2D eigenvalue weighted by Crippen LogP contribution is 2.34. The minimum absolute atomic E-state index is 0.0459. The molecule has 2 aromatic heterocycles. The van der Waals surface area contributed by atoms with Crippen LogP contribution in [0.25, 0.3) is 0 Å². The fourth-order valence-electron chi connectivity index (χ4n) is 3.93. The van der Waals surface area contributed by atoms with Gasteiger partial charge in [0.25, 0.3) is 0 Å². The summed E-state index contributed by atoms with van der Waals surface area (Å²) in [6, 6.07) is 0.252. The first-order valence-corrected chi connectivity index (χ1v) is 9.50. The molecule has 2 aromatic rings. The molecule has 1 saturated carbocycles. The Hall–Kier alpha value is -2.00. The minimum Gasteiger partial charge on any atom is -0.383 e. The summed E-state index contributed by atoms with van der Waals surface area (Å²) < 4.78 is 10.7. The van der Waals surface area contributed by atoms with E-state index in [-0.39, 0.29) is 11.7 Å². The van der Waals surface area contributed by atoms with Crippen molar-refractivity contribution in [2.24, 2.45) is 5.73 Å². The van der Waals surface area contributed by atoms with Crippen LogP contribution in [0.2, 0.25) is 0 Å². The lowest BCUT2D eigenvalue weighted by Crippen LogP contribution is -2.36. The van der Waals surface area contributed by atoms with Gasteiger partial charge in [0.05, 0.1) is 6.61 Å². The summed E-state index contributed by atoms with van der Waals surface area (Å²) in [6.45, 7) is 2.34. The molecular formula is C17H27N7O2. The molecule has 9 nitrogen and oxygen atoms in total. The molecule has 3 heterocycles. The van der Waals surface area contributed by atoms with Crippen molar-refractivity contribution in [2.45, 2.75) is 70.1 Å². The smallest absolute Gasteiger partial charge is 0.346 e. The molecule has 0 saturated heterocycles. The average Bonchev–Trinajstić information content (AvgIpc) is 3.01. The molecule has 2 N–H and O–H groups in total. The number of methoxy groups -OCH3 is 1. The lowest BCUT2D eigenvalue weighted by molar-refractivity contribution is 0.183. The van der Waals surface area contributed by atoms with Crippen molar-refractivity contribution in [3.05, 3.63) is 28.0 Å². The normalized spacial score (nSPS) is 22.7. The molecule has 0 spiro atoms. The molecule has 142 valence electrons. The lowest BCUT2D eigenvalue weighted by atomic mass is 9.80. The van der Waals surface area contributed by atoms with Gasteiger partial charge in [0.15, 0.2) is 5.82 Å². The van der Waals surface area contributed by atoms with Crippen molar-refractivity contribution >= 4 is 0 Å². The van der Waals surface area contributed by atoms with E-state index in [2.05, 4.69) is 19.9 Å². The van der Waals surface area contributed by atoms with E-state index >= 15 is 0 Å². The third kappa shape index (κ3) is 3.21. The van der Waals surface area contributed by atoms with E-state index in [4.69, 9.17) is 10.5 Å². The van der Waals surface area contributed by atoms with Crippen LogP contribution in [0.4, 0.5) is 0 Å². The van der Waals surface area contributed by atoms with Crippen LogP contribution >= 0.6 is 0 Å². The Bertz CT molecular complexity index is 816. The highest BCUT2D eigenvalue weighted by Gasteiger charge is 2.32. The molecule has 0 radical (unpaired) electrons. The van der Waals surface area contributed by atoms with E-state index < -0.39 is 0 Å². The lowest BCUT2D eigenvalue weighted by Gasteiger charge is -2.31. The first-order valence-electron chi connectivity index (χ1n) is 9.50. The van der Waals surface area contributed by atoms with Gasteiger partial charge in [-0.05, 0) is 25.7 Å². The van der Waals surface area contributed by atoms with Gasteiger partial charge >= 0.3 is 5.69 Å². The van der Waals surface area contributed by atoms with Gasteiger partial charge in [-0.25, -0.2) is 9.48 Å². The molecule has 1 aliphatic carbocycles. The molecule has 26 heavy (non-hydrogen) atoms. The fourth-order valence-corrected chi connectivity index (χ4v) is 3.93. The third-order valence-electron chi connectivity index (χ3n) is 5.49. The molecule has 0 unspecified atom stereocenters. The zero-order valence-electron chi connectivity index (χ0n) is 15.3. The fraction of sp³-hybridized carbons (Fsp3) is 0.765. The molecule has 9 heteroatoms. The van der Waals surface area contributed by atoms with Crippen LogP contribution in [-0.2, 0) is 30.8 Å². The number of nitrogens with zero attached hydrogens (tertiary/aromatic N) is 6. The van der Waals surface area contributed by atoms with E-state index in [1.807, 2.05) is 4.57 Å². The van der Waals surface area contributed by atoms with Crippen molar-refractivity contribution in [3.8, 4) is 0 Å². The van der Waals surface area contributed by atoms with Crippen LogP contribution in [0.3, 0.4) is 0 Å². The van der Waals surface area contributed by atoms with Gasteiger partial charge in [-0.3, -0.25) is 4.57 Å². The first kappa shape index (κ1) is 17.4. The van der Waals surface area contributed by atoms with E-state index in [1.165, 1.54) is 4.68 Å². The standard InChI is InChI=1S/C17H27N7O2/c1-26-8-7-22-15(19-20-16(22)12-9-13(18)10-12)11-24-17(25)23-6-4-2-3-5-14(23)21-24/h12-13H,2-11,18H2,1H3. The van der Waals surface area contributed by atoms with Crippen molar-refractivity contribution in [2.75, 3.05) is 13.7 Å². The minimum atomic E-state index is -0.0459. The Labute approximate surface area is 152 Å². The molecule has 2 aliphatic rings. The maximum Gasteiger partial charge on any atom is 0.346 e. The van der Waals surface area contributed by atoms with E-state index in [0.717, 1.165) is 62.5 Å². The first-order chi connectivity index (χ1) is 12.7. The molecular weight excluding hydrogens is 334 g/mol. The second-order valence-corrected chi connectivity index (χ2v) is 7.37.